The number of hydrogen-bond acceptors (Lipinski definition) is 5. The van der Waals surface area contributed by atoms with Gasteiger partial charge in [-0.25, -0.2) is 0 Å². The lowest BCUT2D eigenvalue weighted by molar-refractivity contribution is -0.120. The van der Waals surface area contributed by atoms with Gasteiger partial charge in [0.15, 0.2) is 5.43 Å². The summed E-state index contributed by atoms with van der Waals surface area (Å²) in [6.07, 6.45) is 1.87. The lowest BCUT2D eigenvalue weighted by atomic mass is 10.0. The van der Waals surface area contributed by atoms with Crippen LogP contribution in [0, 0.1) is 0 Å². The van der Waals surface area contributed by atoms with Crippen molar-refractivity contribution in [2.24, 2.45) is 5.73 Å². The Balaban J connectivity index is 1.59. The highest BCUT2D eigenvalue weighted by Crippen LogP contribution is 2.30. The van der Waals surface area contributed by atoms with E-state index < -0.39 is 0 Å². The highest BCUT2D eigenvalue weighted by Gasteiger charge is 2.13. The first-order valence-corrected chi connectivity index (χ1v) is 10.9. The van der Waals surface area contributed by atoms with Gasteiger partial charge in [-0.1, -0.05) is 54.6 Å². The van der Waals surface area contributed by atoms with E-state index in [9.17, 15) is 9.59 Å². The number of hydrogen-bond donors (Lipinski definition) is 3. The Hall–Kier alpha value is -3.48. The summed E-state index contributed by atoms with van der Waals surface area (Å²) in [5.74, 6) is 0.405. The van der Waals surface area contributed by atoms with Crippen LogP contribution >= 0.6 is 0 Å². The van der Waals surface area contributed by atoms with Crippen molar-refractivity contribution in [1.29, 1.82) is 0 Å². The van der Waals surface area contributed by atoms with Crippen LogP contribution < -0.4 is 21.8 Å². The molecule has 0 aliphatic rings. The first-order valence-electron chi connectivity index (χ1n) is 10.9. The number of rotatable bonds is 9. The van der Waals surface area contributed by atoms with Gasteiger partial charge in [0.1, 0.15) is 11.3 Å². The SMILES string of the molecule is NCCCCNCC(=O)NCc1cccc2c(=O)cc(-c3cccc4ccccc34)oc12. The normalized spacial score (nSPS) is 11.2. The highest BCUT2D eigenvalue weighted by molar-refractivity contribution is 5.96. The molecule has 1 heterocycles. The minimum Gasteiger partial charge on any atom is -0.455 e. The van der Waals surface area contributed by atoms with Crippen LogP contribution in [0.3, 0.4) is 0 Å². The molecule has 0 spiro atoms. The lowest BCUT2D eigenvalue weighted by Gasteiger charge is -2.11. The number of unbranched alkanes of at least 4 members (excludes halogenated alkanes) is 1. The molecule has 1 aromatic heterocycles. The standard InChI is InChI=1S/C26H27N3O3/c27-13-3-4-14-28-17-25(31)29-16-19-9-6-12-22-23(30)15-24(32-26(19)22)21-11-5-8-18-7-1-2-10-20(18)21/h1-2,5-12,15,28H,3-4,13-14,16-17,27H2,(H,29,31). The van der Waals surface area contributed by atoms with Gasteiger partial charge in [-0.15, -0.1) is 0 Å². The summed E-state index contributed by atoms with van der Waals surface area (Å²) >= 11 is 0. The molecule has 164 valence electrons. The molecule has 0 atom stereocenters. The van der Waals surface area contributed by atoms with Crippen LogP contribution in [0.25, 0.3) is 33.1 Å². The average molecular weight is 430 g/mol. The summed E-state index contributed by atoms with van der Waals surface area (Å²) in [7, 11) is 0. The van der Waals surface area contributed by atoms with E-state index in [0.29, 0.717) is 23.3 Å². The van der Waals surface area contributed by atoms with Crippen molar-refractivity contribution in [2.45, 2.75) is 19.4 Å². The van der Waals surface area contributed by atoms with Gasteiger partial charge in [-0.05, 0) is 42.8 Å². The van der Waals surface area contributed by atoms with Crippen molar-refractivity contribution < 1.29 is 9.21 Å². The lowest BCUT2D eigenvalue weighted by Crippen LogP contribution is -2.34. The summed E-state index contributed by atoms with van der Waals surface area (Å²) in [6.45, 7) is 1.92. The van der Waals surface area contributed by atoms with Crippen LogP contribution in [-0.4, -0.2) is 25.5 Å². The molecule has 4 N–H and O–H groups in total. The van der Waals surface area contributed by atoms with E-state index in [4.69, 9.17) is 10.2 Å². The number of amides is 1. The minimum absolute atomic E-state index is 0.107. The van der Waals surface area contributed by atoms with Gasteiger partial charge in [-0.2, -0.15) is 0 Å². The summed E-state index contributed by atoms with van der Waals surface area (Å²) < 4.78 is 6.25. The molecule has 6 nitrogen and oxygen atoms in total. The molecule has 1 amide bonds. The molecule has 0 bridgehead atoms. The van der Waals surface area contributed by atoms with Gasteiger partial charge in [-0.3, -0.25) is 9.59 Å². The van der Waals surface area contributed by atoms with Gasteiger partial charge < -0.3 is 20.8 Å². The smallest absolute Gasteiger partial charge is 0.234 e. The second kappa shape index (κ2) is 10.2. The minimum atomic E-state index is -0.109. The first kappa shape index (κ1) is 21.7. The zero-order chi connectivity index (χ0) is 22.3. The number of benzene rings is 3. The second-order valence-corrected chi connectivity index (χ2v) is 7.74. The third-order valence-electron chi connectivity index (χ3n) is 5.46. The molecule has 0 fully saturated rings. The molecule has 0 saturated heterocycles. The predicted molar refractivity (Wildman–Crippen MR) is 128 cm³/mol. The molecule has 0 unspecified atom stereocenters. The van der Waals surface area contributed by atoms with E-state index in [1.54, 1.807) is 6.07 Å². The van der Waals surface area contributed by atoms with E-state index in [1.807, 2.05) is 54.6 Å². The molecule has 3 aromatic carbocycles. The molecular weight excluding hydrogens is 402 g/mol. The molecule has 0 saturated carbocycles. The maximum absolute atomic E-state index is 12.9. The van der Waals surface area contributed by atoms with Crippen molar-refractivity contribution in [3.63, 3.8) is 0 Å². The van der Waals surface area contributed by atoms with Crippen LogP contribution in [0.15, 0.2) is 75.9 Å². The van der Waals surface area contributed by atoms with Crippen LogP contribution in [0.2, 0.25) is 0 Å². The maximum atomic E-state index is 12.9. The monoisotopic (exact) mass is 429 g/mol. The third kappa shape index (κ3) is 4.88. The Labute approximate surface area is 186 Å². The quantitative estimate of drug-likeness (QED) is 0.354. The summed E-state index contributed by atoms with van der Waals surface area (Å²) in [4.78, 5) is 25.1. The molecule has 4 aromatic rings. The van der Waals surface area contributed by atoms with Gasteiger partial charge in [0.25, 0.3) is 0 Å². The van der Waals surface area contributed by atoms with E-state index in [-0.39, 0.29) is 24.4 Å². The fourth-order valence-electron chi connectivity index (χ4n) is 3.80. The first-order chi connectivity index (χ1) is 15.7. The fraction of sp³-hybridized carbons (Fsp3) is 0.231. The van der Waals surface area contributed by atoms with E-state index >= 15 is 0 Å². The number of carbonyl (C=O) groups is 1. The molecule has 6 heteroatoms. The summed E-state index contributed by atoms with van der Waals surface area (Å²) in [5, 5.41) is 8.61. The molecule has 32 heavy (non-hydrogen) atoms. The number of fused-ring (bicyclic) bond motifs is 2. The molecule has 0 radical (unpaired) electrons. The van der Waals surface area contributed by atoms with Crippen molar-refractivity contribution >= 4 is 27.6 Å². The number of nitrogens with two attached hydrogens (primary N) is 1. The van der Waals surface area contributed by atoms with Gasteiger partial charge in [0.2, 0.25) is 5.91 Å². The Kier molecular flexibility index (Phi) is 6.94. The average Bonchev–Trinajstić information content (AvgIpc) is 2.82. The zero-order valence-electron chi connectivity index (χ0n) is 17.9. The number of carbonyl (C=O) groups excluding carboxylic acids is 1. The Morgan fingerprint density at radius 2 is 1.72 bits per heavy atom. The van der Waals surface area contributed by atoms with E-state index in [1.165, 1.54) is 6.07 Å². The summed E-state index contributed by atoms with van der Waals surface area (Å²) in [5.41, 5.74) is 7.49. The number of nitrogens with one attached hydrogen (secondary N) is 2. The predicted octanol–water partition coefficient (Wildman–Crippen LogP) is 3.56. The van der Waals surface area contributed by atoms with Crippen molar-refractivity contribution in [3.8, 4) is 11.3 Å². The molecule has 0 aliphatic carbocycles. The van der Waals surface area contributed by atoms with E-state index in [2.05, 4.69) is 10.6 Å². The maximum Gasteiger partial charge on any atom is 0.234 e. The van der Waals surface area contributed by atoms with E-state index in [0.717, 1.165) is 41.3 Å². The molecule has 4 rings (SSSR count). The zero-order valence-corrected chi connectivity index (χ0v) is 17.9. The van der Waals surface area contributed by atoms with Crippen LogP contribution in [0.4, 0.5) is 0 Å². The third-order valence-corrected chi connectivity index (χ3v) is 5.46. The summed E-state index contributed by atoms with van der Waals surface area (Å²) in [6, 6.07) is 20.9. The van der Waals surface area contributed by atoms with Crippen molar-refractivity contribution in [2.75, 3.05) is 19.6 Å². The van der Waals surface area contributed by atoms with Crippen LogP contribution in [0.5, 0.6) is 0 Å². The fourth-order valence-corrected chi connectivity index (χ4v) is 3.80. The van der Waals surface area contributed by atoms with Crippen molar-refractivity contribution in [1.82, 2.24) is 10.6 Å². The molecular formula is C26H27N3O3. The van der Waals surface area contributed by atoms with Crippen LogP contribution in [-0.2, 0) is 11.3 Å². The highest BCUT2D eigenvalue weighted by atomic mass is 16.3. The molecule has 0 aliphatic heterocycles. The van der Waals surface area contributed by atoms with Crippen molar-refractivity contribution in [3.05, 3.63) is 82.5 Å². The number of para-hydroxylation sites is 1. The Bertz CT molecular complexity index is 1290. The Morgan fingerprint density at radius 1 is 0.938 bits per heavy atom. The van der Waals surface area contributed by atoms with Gasteiger partial charge in [0, 0.05) is 23.7 Å². The second-order valence-electron chi connectivity index (χ2n) is 7.74. The van der Waals surface area contributed by atoms with Gasteiger partial charge >= 0.3 is 0 Å². The Morgan fingerprint density at radius 3 is 2.59 bits per heavy atom. The van der Waals surface area contributed by atoms with Crippen LogP contribution in [0.1, 0.15) is 18.4 Å². The topological polar surface area (TPSA) is 97.4 Å². The van der Waals surface area contributed by atoms with Gasteiger partial charge in [0.05, 0.1) is 11.9 Å². The largest absolute Gasteiger partial charge is 0.455 e.